The second-order valence-corrected chi connectivity index (χ2v) is 6.46. The zero-order valence-electron chi connectivity index (χ0n) is 15.0. The Bertz CT molecular complexity index is 710. The fourth-order valence-corrected chi connectivity index (χ4v) is 2.29. The molecule has 0 spiro atoms. The first-order chi connectivity index (χ1) is 12.0. The minimum absolute atomic E-state index is 0.0714. The van der Waals surface area contributed by atoms with Gasteiger partial charge in [-0.25, -0.2) is 0 Å². The van der Waals surface area contributed by atoms with Crippen LogP contribution in [0, 0.1) is 5.92 Å². The van der Waals surface area contributed by atoms with Crippen molar-refractivity contribution >= 4 is 17.4 Å². The number of benzene rings is 2. The van der Waals surface area contributed by atoms with Crippen molar-refractivity contribution in [2.24, 2.45) is 5.92 Å². The van der Waals surface area contributed by atoms with Crippen molar-refractivity contribution in [3.63, 3.8) is 0 Å². The van der Waals surface area contributed by atoms with Gasteiger partial charge in [-0.2, -0.15) is 0 Å². The third kappa shape index (κ3) is 5.84. The summed E-state index contributed by atoms with van der Waals surface area (Å²) in [6, 6.07) is 16.0. The Kier molecular flexibility index (Phi) is 6.90. The van der Waals surface area contributed by atoms with Gasteiger partial charge >= 0.3 is 0 Å². The number of hydrogen-bond acceptors (Lipinski definition) is 3. The molecular weight excluding hydrogens is 314 g/mol. The van der Waals surface area contributed by atoms with Crippen LogP contribution in [0.5, 0.6) is 0 Å². The van der Waals surface area contributed by atoms with Gasteiger partial charge in [-0.05, 0) is 31.4 Å². The lowest BCUT2D eigenvalue weighted by Gasteiger charge is -2.14. The summed E-state index contributed by atoms with van der Waals surface area (Å²) < 4.78 is 5.55. The molecule has 0 radical (unpaired) electrons. The normalized spacial score (nSPS) is 12.0. The van der Waals surface area contributed by atoms with Gasteiger partial charge < -0.3 is 10.1 Å². The van der Waals surface area contributed by atoms with Crippen LogP contribution < -0.4 is 5.32 Å². The summed E-state index contributed by atoms with van der Waals surface area (Å²) in [4.78, 5) is 24.7. The van der Waals surface area contributed by atoms with Gasteiger partial charge in [0, 0.05) is 23.4 Å². The van der Waals surface area contributed by atoms with E-state index in [1.165, 1.54) is 0 Å². The van der Waals surface area contributed by atoms with Gasteiger partial charge in [0.05, 0.1) is 0 Å². The molecule has 0 aromatic heterocycles. The lowest BCUT2D eigenvalue weighted by molar-refractivity contribution is -0.126. The summed E-state index contributed by atoms with van der Waals surface area (Å²) in [5.41, 5.74) is 1.75. The lowest BCUT2D eigenvalue weighted by atomic mass is 10.0. The van der Waals surface area contributed by atoms with Crippen LogP contribution in [0.2, 0.25) is 0 Å². The van der Waals surface area contributed by atoms with Crippen LogP contribution in [0.25, 0.3) is 0 Å². The van der Waals surface area contributed by atoms with Crippen LogP contribution >= 0.6 is 0 Å². The number of nitrogens with one attached hydrogen (secondary N) is 1. The SMILES string of the molecule is CC(C)CCOC(C)C(=O)Nc1cccc(C(=O)c2ccccc2)c1. The van der Waals surface area contributed by atoms with E-state index >= 15 is 0 Å². The molecule has 0 aliphatic heterocycles. The van der Waals surface area contributed by atoms with Gasteiger partial charge in [-0.15, -0.1) is 0 Å². The third-order valence-electron chi connectivity index (χ3n) is 3.86. The molecule has 132 valence electrons. The number of carbonyl (C=O) groups is 2. The first-order valence-corrected chi connectivity index (χ1v) is 8.59. The maximum absolute atomic E-state index is 12.5. The first-order valence-electron chi connectivity index (χ1n) is 8.59. The van der Waals surface area contributed by atoms with Crippen molar-refractivity contribution in [1.82, 2.24) is 0 Å². The summed E-state index contributed by atoms with van der Waals surface area (Å²) in [5.74, 6) is 0.252. The summed E-state index contributed by atoms with van der Waals surface area (Å²) in [5, 5.41) is 2.81. The molecule has 2 aromatic rings. The molecule has 0 heterocycles. The highest BCUT2D eigenvalue weighted by molar-refractivity contribution is 6.09. The number of ether oxygens (including phenoxy) is 1. The highest BCUT2D eigenvalue weighted by Crippen LogP contribution is 2.15. The maximum Gasteiger partial charge on any atom is 0.253 e. The van der Waals surface area contributed by atoms with Crippen molar-refractivity contribution in [2.75, 3.05) is 11.9 Å². The van der Waals surface area contributed by atoms with Gasteiger partial charge in [0.2, 0.25) is 0 Å². The molecule has 25 heavy (non-hydrogen) atoms. The van der Waals surface area contributed by atoms with Crippen LogP contribution in [0.3, 0.4) is 0 Å². The minimum Gasteiger partial charge on any atom is -0.369 e. The largest absolute Gasteiger partial charge is 0.369 e. The van der Waals surface area contributed by atoms with Gasteiger partial charge in [-0.3, -0.25) is 9.59 Å². The summed E-state index contributed by atoms with van der Waals surface area (Å²) in [7, 11) is 0. The van der Waals surface area contributed by atoms with Crippen molar-refractivity contribution in [1.29, 1.82) is 0 Å². The molecule has 1 amide bonds. The zero-order valence-corrected chi connectivity index (χ0v) is 15.0. The first kappa shape index (κ1) is 18.9. The molecule has 1 unspecified atom stereocenters. The molecule has 4 nitrogen and oxygen atoms in total. The number of hydrogen-bond donors (Lipinski definition) is 1. The Morgan fingerprint density at radius 1 is 0.960 bits per heavy atom. The van der Waals surface area contributed by atoms with E-state index in [0.29, 0.717) is 29.3 Å². The second kappa shape index (κ2) is 9.14. The number of ketones is 1. The molecule has 2 rings (SSSR count). The summed E-state index contributed by atoms with van der Waals surface area (Å²) in [6.45, 7) is 6.51. The molecule has 4 heteroatoms. The monoisotopic (exact) mass is 339 g/mol. The zero-order chi connectivity index (χ0) is 18.2. The molecule has 0 saturated carbocycles. The molecule has 0 bridgehead atoms. The Morgan fingerprint density at radius 2 is 1.64 bits per heavy atom. The predicted molar refractivity (Wildman–Crippen MR) is 99.8 cm³/mol. The molecule has 0 saturated heterocycles. The molecule has 0 aliphatic carbocycles. The van der Waals surface area contributed by atoms with Gasteiger partial charge in [0.15, 0.2) is 5.78 Å². The van der Waals surface area contributed by atoms with Gasteiger partial charge in [-0.1, -0.05) is 56.3 Å². The summed E-state index contributed by atoms with van der Waals surface area (Å²) >= 11 is 0. The fourth-order valence-electron chi connectivity index (χ4n) is 2.29. The fraction of sp³-hybridized carbons (Fsp3) is 0.333. The van der Waals surface area contributed by atoms with E-state index in [1.807, 2.05) is 18.2 Å². The Morgan fingerprint density at radius 3 is 2.32 bits per heavy atom. The van der Waals surface area contributed by atoms with Crippen LogP contribution in [0.4, 0.5) is 5.69 Å². The molecule has 1 atom stereocenters. The minimum atomic E-state index is -0.535. The summed E-state index contributed by atoms with van der Waals surface area (Å²) in [6.07, 6.45) is 0.380. The maximum atomic E-state index is 12.5. The lowest BCUT2D eigenvalue weighted by Crippen LogP contribution is -2.28. The number of rotatable bonds is 8. The van der Waals surface area contributed by atoms with Crippen LogP contribution in [-0.4, -0.2) is 24.4 Å². The highest BCUT2D eigenvalue weighted by Gasteiger charge is 2.15. The highest BCUT2D eigenvalue weighted by atomic mass is 16.5. The van der Waals surface area contributed by atoms with Crippen LogP contribution in [0.1, 0.15) is 43.1 Å². The number of amides is 1. The second-order valence-electron chi connectivity index (χ2n) is 6.46. The third-order valence-corrected chi connectivity index (χ3v) is 3.86. The smallest absolute Gasteiger partial charge is 0.253 e. The van der Waals surface area contributed by atoms with Crippen molar-refractivity contribution in [3.05, 3.63) is 65.7 Å². The number of carbonyl (C=O) groups excluding carboxylic acids is 2. The average Bonchev–Trinajstić information content (AvgIpc) is 2.61. The number of anilines is 1. The van der Waals surface area contributed by atoms with Crippen molar-refractivity contribution < 1.29 is 14.3 Å². The van der Waals surface area contributed by atoms with E-state index in [1.54, 1.807) is 43.3 Å². The predicted octanol–water partition coefficient (Wildman–Crippen LogP) is 4.31. The average molecular weight is 339 g/mol. The van der Waals surface area contributed by atoms with Crippen LogP contribution in [-0.2, 0) is 9.53 Å². The standard InChI is InChI=1S/C21H25NO3/c1-15(2)12-13-25-16(3)21(24)22-19-11-7-10-18(14-19)20(23)17-8-5-4-6-9-17/h4-11,14-16H,12-13H2,1-3H3,(H,22,24). The van der Waals surface area contributed by atoms with E-state index in [2.05, 4.69) is 19.2 Å². The molecule has 0 aliphatic rings. The van der Waals surface area contributed by atoms with E-state index in [0.717, 1.165) is 6.42 Å². The van der Waals surface area contributed by atoms with Crippen molar-refractivity contribution in [3.8, 4) is 0 Å². The Balaban J connectivity index is 1.99. The molecule has 2 aromatic carbocycles. The topological polar surface area (TPSA) is 55.4 Å². The van der Waals surface area contributed by atoms with E-state index < -0.39 is 6.10 Å². The quantitative estimate of drug-likeness (QED) is 0.729. The van der Waals surface area contributed by atoms with Crippen LogP contribution in [0.15, 0.2) is 54.6 Å². The van der Waals surface area contributed by atoms with Crippen molar-refractivity contribution in [2.45, 2.75) is 33.3 Å². The van der Waals surface area contributed by atoms with E-state index in [9.17, 15) is 9.59 Å². The van der Waals surface area contributed by atoms with Gasteiger partial charge in [0.1, 0.15) is 6.10 Å². The molecule has 0 fully saturated rings. The Labute approximate surface area is 149 Å². The molecular formula is C21H25NO3. The Hall–Kier alpha value is -2.46. The van der Waals surface area contributed by atoms with E-state index in [-0.39, 0.29) is 11.7 Å². The van der Waals surface area contributed by atoms with Gasteiger partial charge in [0.25, 0.3) is 5.91 Å². The molecule has 1 N–H and O–H groups in total. The van der Waals surface area contributed by atoms with E-state index in [4.69, 9.17) is 4.74 Å².